The van der Waals surface area contributed by atoms with E-state index < -0.39 is 0 Å². The third kappa shape index (κ3) is 9.07. The van der Waals surface area contributed by atoms with E-state index in [0.29, 0.717) is 30.5 Å². The summed E-state index contributed by atoms with van der Waals surface area (Å²) in [5.41, 5.74) is 9.42. The molecule has 0 radical (unpaired) electrons. The van der Waals surface area contributed by atoms with E-state index in [-0.39, 0.29) is 17.7 Å². The second-order valence-electron chi connectivity index (χ2n) is 10.6. The highest BCUT2D eigenvalue weighted by atomic mass is 19.1. The zero-order valence-corrected chi connectivity index (χ0v) is 24.7. The van der Waals surface area contributed by atoms with Crippen LogP contribution in [0.5, 0.6) is 0 Å². The van der Waals surface area contributed by atoms with Gasteiger partial charge in [0.1, 0.15) is 5.82 Å². The Hall–Kier alpha value is -3.84. The Morgan fingerprint density at radius 1 is 0.930 bits per heavy atom. The molecule has 0 spiro atoms. The van der Waals surface area contributed by atoms with Gasteiger partial charge >= 0.3 is 0 Å². The normalized spacial score (nSPS) is 18.0. The van der Waals surface area contributed by atoms with Gasteiger partial charge in [-0.2, -0.15) is 0 Å². The van der Waals surface area contributed by atoms with E-state index in [1.807, 2.05) is 36.4 Å². The fourth-order valence-corrected chi connectivity index (χ4v) is 5.02. The van der Waals surface area contributed by atoms with Crippen molar-refractivity contribution in [1.29, 1.82) is 0 Å². The molecule has 4 N–H and O–H groups in total. The first kappa shape index (κ1) is 30.6. The lowest BCUT2D eigenvalue weighted by molar-refractivity contribution is 0.0394. The van der Waals surface area contributed by atoms with Gasteiger partial charge in [-0.25, -0.2) is 4.39 Å². The van der Waals surface area contributed by atoms with Gasteiger partial charge in [-0.05, 0) is 17.2 Å². The van der Waals surface area contributed by atoms with Gasteiger partial charge in [-0.15, -0.1) is 0 Å². The number of halogens is 1. The molecule has 230 valence electrons. The molecule has 2 aliphatic heterocycles. The Kier molecular flexibility index (Phi) is 11.1. The average molecular weight is 593 g/mol. The van der Waals surface area contributed by atoms with Crippen molar-refractivity contribution >= 4 is 17.8 Å². The predicted molar refractivity (Wildman–Crippen MR) is 166 cm³/mol. The van der Waals surface area contributed by atoms with Crippen LogP contribution in [0, 0.1) is 5.82 Å². The number of aromatic nitrogens is 1. The molecule has 1 atom stereocenters. The van der Waals surface area contributed by atoms with Gasteiger partial charge in [0, 0.05) is 56.8 Å². The monoisotopic (exact) mass is 592 g/mol. The Morgan fingerprint density at radius 2 is 1.56 bits per heavy atom. The van der Waals surface area contributed by atoms with Crippen molar-refractivity contribution in [3.8, 4) is 11.1 Å². The van der Waals surface area contributed by atoms with Crippen molar-refractivity contribution in [1.82, 2.24) is 20.3 Å². The van der Waals surface area contributed by atoms with E-state index >= 15 is 0 Å². The molecule has 0 aliphatic carbocycles. The number of ether oxygens (including phenoxy) is 2. The van der Waals surface area contributed by atoms with E-state index in [9.17, 15) is 4.39 Å². The SMILES string of the molecule is CC(c1ccc(-c2ccccc2F)cc1)c1cc(NC(=NCCN2CCOCC2)NC(N)=NCCN2CCOCC2)on1. The molecule has 1 aromatic heterocycles. The van der Waals surface area contributed by atoms with Crippen molar-refractivity contribution in [2.24, 2.45) is 15.7 Å². The number of rotatable bonds is 10. The van der Waals surface area contributed by atoms with Gasteiger partial charge in [-0.1, -0.05) is 54.5 Å². The number of hydrogen-bond donors (Lipinski definition) is 3. The van der Waals surface area contributed by atoms with Crippen LogP contribution in [0.15, 0.2) is 69.1 Å². The van der Waals surface area contributed by atoms with Crippen LogP contribution in [0.25, 0.3) is 11.1 Å². The summed E-state index contributed by atoms with van der Waals surface area (Å²) in [6, 6.07) is 16.4. The summed E-state index contributed by atoms with van der Waals surface area (Å²) in [6.07, 6.45) is 0. The molecule has 12 heteroatoms. The second-order valence-corrected chi connectivity index (χ2v) is 10.6. The molecule has 2 aliphatic rings. The number of nitrogens with one attached hydrogen (secondary N) is 2. The average Bonchev–Trinajstić information content (AvgIpc) is 3.50. The number of anilines is 1. The van der Waals surface area contributed by atoms with Crippen LogP contribution >= 0.6 is 0 Å². The van der Waals surface area contributed by atoms with Gasteiger partial charge in [0.05, 0.1) is 45.2 Å². The minimum absolute atomic E-state index is 0.0459. The highest BCUT2D eigenvalue weighted by Crippen LogP contribution is 2.28. The van der Waals surface area contributed by atoms with Crippen LogP contribution in [0.1, 0.15) is 24.1 Å². The van der Waals surface area contributed by atoms with Gasteiger partial charge in [-0.3, -0.25) is 30.4 Å². The minimum atomic E-state index is -0.241. The van der Waals surface area contributed by atoms with Gasteiger partial charge in [0.15, 0.2) is 5.96 Å². The van der Waals surface area contributed by atoms with E-state index in [4.69, 9.17) is 24.7 Å². The van der Waals surface area contributed by atoms with Crippen molar-refractivity contribution in [2.75, 3.05) is 84.1 Å². The zero-order valence-electron chi connectivity index (χ0n) is 24.7. The predicted octanol–water partition coefficient (Wildman–Crippen LogP) is 2.97. The summed E-state index contributed by atoms with van der Waals surface area (Å²) in [5.74, 6) is 0.854. The Labute approximate surface area is 251 Å². The maximum atomic E-state index is 14.2. The van der Waals surface area contributed by atoms with E-state index in [0.717, 1.165) is 82.5 Å². The maximum Gasteiger partial charge on any atom is 0.231 e. The Morgan fingerprint density at radius 3 is 2.21 bits per heavy atom. The quantitative estimate of drug-likeness (QED) is 0.241. The molecule has 43 heavy (non-hydrogen) atoms. The molecule has 11 nitrogen and oxygen atoms in total. The number of morpholine rings is 2. The van der Waals surface area contributed by atoms with Crippen molar-refractivity contribution in [3.05, 3.63) is 71.7 Å². The van der Waals surface area contributed by atoms with Crippen LogP contribution in [-0.4, -0.2) is 106 Å². The van der Waals surface area contributed by atoms with Crippen molar-refractivity contribution in [2.45, 2.75) is 12.8 Å². The number of nitrogens with zero attached hydrogens (tertiary/aromatic N) is 5. The van der Waals surface area contributed by atoms with E-state index in [1.165, 1.54) is 6.07 Å². The number of nitrogens with two attached hydrogens (primary N) is 1. The molecular formula is C31H41FN8O3. The van der Waals surface area contributed by atoms with Crippen molar-refractivity contribution < 1.29 is 18.4 Å². The molecule has 2 aromatic carbocycles. The Bertz CT molecular complexity index is 1350. The largest absolute Gasteiger partial charge is 0.379 e. The van der Waals surface area contributed by atoms with E-state index in [1.54, 1.807) is 12.1 Å². The van der Waals surface area contributed by atoms with Crippen LogP contribution in [0.2, 0.25) is 0 Å². The summed E-state index contributed by atoms with van der Waals surface area (Å²) in [7, 11) is 0. The Balaban J connectivity index is 1.22. The molecule has 5 rings (SSSR count). The lowest BCUT2D eigenvalue weighted by atomic mass is 9.95. The fourth-order valence-electron chi connectivity index (χ4n) is 5.02. The van der Waals surface area contributed by atoms with Gasteiger partial charge in [0.25, 0.3) is 0 Å². The summed E-state index contributed by atoms with van der Waals surface area (Å²) in [6.45, 7) is 11.3. The highest BCUT2D eigenvalue weighted by molar-refractivity contribution is 6.04. The van der Waals surface area contributed by atoms with E-state index in [2.05, 4.69) is 37.5 Å². The fraction of sp³-hybridized carbons (Fsp3) is 0.452. The van der Waals surface area contributed by atoms with Crippen LogP contribution in [0.3, 0.4) is 0 Å². The first-order valence-electron chi connectivity index (χ1n) is 14.9. The molecule has 2 fully saturated rings. The first-order chi connectivity index (χ1) is 21.0. The first-order valence-corrected chi connectivity index (χ1v) is 14.9. The topological polar surface area (TPSA) is 126 Å². The van der Waals surface area contributed by atoms with Crippen LogP contribution in [0.4, 0.5) is 10.3 Å². The molecule has 0 amide bonds. The van der Waals surface area contributed by atoms with Gasteiger partial charge < -0.3 is 19.7 Å². The lowest BCUT2D eigenvalue weighted by Gasteiger charge is -2.26. The summed E-state index contributed by atoms with van der Waals surface area (Å²) < 4.78 is 30.7. The van der Waals surface area contributed by atoms with Crippen LogP contribution < -0.4 is 16.4 Å². The second kappa shape index (κ2) is 15.6. The zero-order chi connectivity index (χ0) is 29.9. The smallest absolute Gasteiger partial charge is 0.231 e. The molecule has 2 saturated heterocycles. The maximum absolute atomic E-state index is 14.2. The molecule has 3 heterocycles. The van der Waals surface area contributed by atoms with Crippen molar-refractivity contribution in [3.63, 3.8) is 0 Å². The third-order valence-electron chi connectivity index (χ3n) is 7.65. The standard InChI is InChI=1S/C31H41FN8O3/c1-23(24-6-8-25(9-7-24)26-4-2-3-5-27(26)32)28-22-29(43-38-28)36-31(35-11-13-40-16-20-42-21-17-40)37-30(33)34-10-12-39-14-18-41-19-15-39/h2-9,22-23H,10-21H2,1H3,(H4,33,34,35,36,37). The van der Waals surface area contributed by atoms with Crippen LogP contribution in [-0.2, 0) is 9.47 Å². The molecule has 3 aromatic rings. The molecule has 1 unspecified atom stereocenters. The number of benzene rings is 2. The number of aliphatic imine (C=N–C) groups is 2. The van der Waals surface area contributed by atoms with Gasteiger partial charge in [0.2, 0.25) is 11.8 Å². The highest BCUT2D eigenvalue weighted by Gasteiger charge is 2.17. The summed E-state index contributed by atoms with van der Waals surface area (Å²) in [5, 5.41) is 10.6. The summed E-state index contributed by atoms with van der Waals surface area (Å²) >= 11 is 0. The number of guanidine groups is 2. The lowest BCUT2D eigenvalue weighted by Crippen LogP contribution is -2.42. The molecule has 0 saturated carbocycles. The number of hydrogen-bond acceptors (Lipinski definition) is 8. The minimum Gasteiger partial charge on any atom is -0.379 e. The summed E-state index contributed by atoms with van der Waals surface area (Å²) in [4.78, 5) is 13.8. The molecule has 0 bridgehead atoms. The third-order valence-corrected chi connectivity index (χ3v) is 7.65. The molecular weight excluding hydrogens is 551 g/mol.